The molecule has 0 unspecified atom stereocenters. The first-order valence-electron chi connectivity index (χ1n) is 12.7. The van der Waals surface area contributed by atoms with Gasteiger partial charge in [-0.1, -0.05) is 54.2 Å². The van der Waals surface area contributed by atoms with Crippen LogP contribution in [0.4, 0.5) is 8.78 Å². The van der Waals surface area contributed by atoms with Crippen molar-refractivity contribution in [3.05, 3.63) is 107 Å². The van der Waals surface area contributed by atoms with Crippen LogP contribution in [-0.2, 0) is 4.79 Å². The molecule has 1 saturated carbocycles. The number of benzene rings is 3. The second-order valence-corrected chi connectivity index (χ2v) is 10.4. The van der Waals surface area contributed by atoms with E-state index in [2.05, 4.69) is 15.5 Å². The average molecular weight is 543 g/mol. The van der Waals surface area contributed by atoms with Crippen molar-refractivity contribution >= 4 is 29.5 Å². The molecule has 0 bridgehead atoms. The molecule has 4 aromatic rings. The summed E-state index contributed by atoms with van der Waals surface area (Å²) in [5, 5.41) is 18.8. The van der Waals surface area contributed by atoms with Crippen LogP contribution >= 0.6 is 11.8 Å². The van der Waals surface area contributed by atoms with Crippen LogP contribution in [0.2, 0.25) is 0 Å². The Morgan fingerprint density at radius 2 is 1.69 bits per heavy atom. The second-order valence-electron chi connectivity index (χ2n) is 9.44. The number of rotatable bonds is 6. The number of amides is 1. The van der Waals surface area contributed by atoms with Crippen molar-refractivity contribution < 1.29 is 13.6 Å². The zero-order chi connectivity index (χ0) is 26.8. The fourth-order valence-corrected chi connectivity index (χ4v) is 5.90. The van der Waals surface area contributed by atoms with Crippen LogP contribution in [-0.4, -0.2) is 42.6 Å². The Labute approximate surface area is 228 Å². The Kier molecular flexibility index (Phi) is 7.02. The van der Waals surface area contributed by atoms with Gasteiger partial charge in [-0.2, -0.15) is 9.78 Å². The summed E-state index contributed by atoms with van der Waals surface area (Å²) in [7, 11) is 0. The smallest absolute Gasteiger partial charge is 0.253 e. The first-order valence-corrected chi connectivity index (χ1v) is 13.6. The molecule has 7 nitrogen and oxygen atoms in total. The lowest BCUT2D eigenvalue weighted by molar-refractivity contribution is -0.130. The van der Waals surface area contributed by atoms with Gasteiger partial charge in [0.25, 0.3) is 5.91 Å². The third-order valence-corrected chi connectivity index (χ3v) is 7.85. The number of para-hydroxylation sites is 1. The molecule has 2 heterocycles. The number of thioether (sulfide) groups is 1. The highest BCUT2D eigenvalue weighted by atomic mass is 32.2. The second kappa shape index (κ2) is 10.9. The van der Waals surface area contributed by atoms with E-state index < -0.39 is 0 Å². The minimum atomic E-state index is -0.351. The zero-order valence-electron chi connectivity index (χ0n) is 20.8. The van der Waals surface area contributed by atoms with Crippen molar-refractivity contribution in [1.29, 1.82) is 0 Å². The normalized spacial score (nSPS) is 19.7. The quantitative estimate of drug-likeness (QED) is 0.286. The van der Waals surface area contributed by atoms with Crippen molar-refractivity contribution in [3.8, 4) is 5.69 Å². The van der Waals surface area contributed by atoms with E-state index in [1.807, 2.05) is 36.4 Å². The van der Waals surface area contributed by atoms with E-state index in [0.29, 0.717) is 5.16 Å². The largest absolute Gasteiger partial charge is 0.272 e. The average Bonchev–Trinajstić information content (AvgIpc) is 3.60. The molecule has 2 aliphatic rings. The maximum Gasteiger partial charge on any atom is 0.253 e. The van der Waals surface area contributed by atoms with Gasteiger partial charge in [0.2, 0.25) is 5.16 Å². The van der Waals surface area contributed by atoms with Gasteiger partial charge in [0.1, 0.15) is 11.6 Å². The Bertz CT molecular complexity index is 1540. The summed E-state index contributed by atoms with van der Waals surface area (Å²) in [4.78, 5) is 13.7. The molecule has 196 valence electrons. The number of nitrogens with zero attached hydrogens (tertiary/aromatic N) is 6. The number of hydrogen-bond donors (Lipinski definition) is 0. The topological polar surface area (TPSA) is 76.3 Å². The van der Waals surface area contributed by atoms with E-state index in [1.54, 1.807) is 34.0 Å². The number of tetrazole rings is 1. The number of hydrogen-bond acceptors (Lipinski definition) is 6. The summed E-state index contributed by atoms with van der Waals surface area (Å²) in [6.45, 7) is 0. The van der Waals surface area contributed by atoms with Crippen molar-refractivity contribution in [2.75, 3.05) is 5.75 Å². The number of carbonyl (C=O) groups excluding carboxylic acids is 1. The molecule has 6 rings (SSSR count). The van der Waals surface area contributed by atoms with Gasteiger partial charge in [0.15, 0.2) is 0 Å². The molecule has 1 aliphatic heterocycles. The predicted octanol–water partition coefficient (Wildman–Crippen LogP) is 5.86. The van der Waals surface area contributed by atoms with Crippen molar-refractivity contribution in [1.82, 2.24) is 25.2 Å². The van der Waals surface area contributed by atoms with Crippen LogP contribution in [0.3, 0.4) is 0 Å². The molecule has 2 atom stereocenters. The number of fused-ring (bicyclic) bond motifs is 1. The Hall–Kier alpha value is -4.18. The van der Waals surface area contributed by atoms with Gasteiger partial charge in [-0.3, -0.25) is 4.79 Å². The molecule has 1 aliphatic carbocycles. The molecule has 0 radical (unpaired) electrons. The van der Waals surface area contributed by atoms with Gasteiger partial charge in [-0.05, 0) is 88.9 Å². The first kappa shape index (κ1) is 25.1. The highest BCUT2D eigenvalue weighted by Gasteiger charge is 2.43. The molecule has 1 fully saturated rings. The fourth-order valence-electron chi connectivity index (χ4n) is 5.15. The van der Waals surface area contributed by atoms with E-state index >= 15 is 0 Å². The predicted molar refractivity (Wildman–Crippen MR) is 145 cm³/mol. The van der Waals surface area contributed by atoms with Crippen LogP contribution in [0.5, 0.6) is 0 Å². The molecule has 10 heteroatoms. The SMILES string of the molecule is O=C(CSc1nnnn1-c1ccccc1)N1N=C2/C(=C\c3ccc(F)cc3)CCC[C@H]2[C@H]1c1ccc(F)cc1. The number of carbonyl (C=O) groups is 1. The molecule has 1 amide bonds. The lowest BCUT2D eigenvalue weighted by atomic mass is 9.77. The van der Waals surface area contributed by atoms with Crippen LogP contribution in [0.15, 0.2) is 94.7 Å². The van der Waals surface area contributed by atoms with Gasteiger partial charge >= 0.3 is 0 Å². The van der Waals surface area contributed by atoms with Crippen LogP contribution in [0.25, 0.3) is 11.8 Å². The first-order chi connectivity index (χ1) is 19.1. The van der Waals surface area contributed by atoms with Crippen LogP contribution < -0.4 is 0 Å². The number of hydrazone groups is 1. The molecule has 0 N–H and O–H groups in total. The zero-order valence-corrected chi connectivity index (χ0v) is 21.6. The van der Waals surface area contributed by atoms with Gasteiger partial charge in [-0.15, -0.1) is 5.10 Å². The van der Waals surface area contributed by atoms with Gasteiger partial charge in [-0.25, -0.2) is 13.8 Å². The minimum absolute atomic E-state index is 0.0282. The maximum absolute atomic E-state index is 13.8. The highest BCUT2D eigenvalue weighted by Crippen LogP contribution is 2.44. The molecular weight excluding hydrogens is 518 g/mol. The minimum Gasteiger partial charge on any atom is -0.272 e. The van der Waals surface area contributed by atoms with Crippen LogP contribution in [0.1, 0.15) is 36.4 Å². The summed E-state index contributed by atoms with van der Waals surface area (Å²) in [6.07, 6.45) is 4.61. The van der Waals surface area contributed by atoms with Gasteiger partial charge < -0.3 is 0 Å². The molecule has 3 aromatic carbocycles. The summed E-state index contributed by atoms with van der Waals surface area (Å²) >= 11 is 1.24. The van der Waals surface area contributed by atoms with E-state index in [9.17, 15) is 13.6 Å². The molecule has 39 heavy (non-hydrogen) atoms. The van der Waals surface area contributed by atoms with Crippen molar-refractivity contribution in [3.63, 3.8) is 0 Å². The summed E-state index contributed by atoms with van der Waals surface area (Å²) in [6, 6.07) is 21.7. The number of aromatic nitrogens is 4. The maximum atomic E-state index is 13.8. The van der Waals surface area contributed by atoms with E-state index in [0.717, 1.165) is 47.4 Å². The Morgan fingerprint density at radius 1 is 0.974 bits per heavy atom. The molecule has 0 spiro atoms. The van der Waals surface area contributed by atoms with E-state index in [-0.39, 0.29) is 35.3 Å². The van der Waals surface area contributed by atoms with Gasteiger partial charge in [0, 0.05) is 5.92 Å². The lowest BCUT2D eigenvalue weighted by Gasteiger charge is -2.29. The van der Waals surface area contributed by atoms with E-state index in [1.165, 1.54) is 36.0 Å². The summed E-state index contributed by atoms with van der Waals surface area (Å²) in [5.41, 5.74) is 4.38. The standard InChI is InChI=1S/C29H24F2N6OS/c30-22-13-9-19(10-14-22)17-21-5-4-8-25-27(21)33-37(28(25)20-11-15-23(31)16-12-20)26(38)18-39-29-32-34-35-36(29)24-6-2-1-3-7-24/h1-3,6-7,9-17,25,28H,4-5,8,18H2/b21-17-/t25-,28-/m1/s1. The summed E-state index contributed by atoms with van der Waals surface area (Å²) in [5.74, 6) is -0.773. The highest BCUT2D eigenvalue weighted by molar-refractivity contribution is 7.99. The molecular formula is C29H24F2N6OS. The molecule has 1 aromatic heterocycles. The monoisotopic (exact) mass is 542 g/mol. The number of halogens is 2. The van der Waals surface area contributed by atoms with Crippen molar-refractivity contribution in [2.45, 2.75) is 30.5 Å². The molecule has 0 saturated heterocycles. The van der Waals surface area contributed by atoms with Crippen LogP contribution in [0, 0.1) is 17.6 Å². The fraction of sp³-hybridized carbons (Fsp3) is 0.207. The summed E-state index contributed by atoms with van der Waals surface area (Å²) < 4.78 is 28.8. The third kappa shape index (κ3) is 5.24. The Balaban J connectivity index is 1.30. The van der Waals surface area contributed by atoms with E-state index in [4.69, 9.17) is 5.10 Å². The Morgan fingerprint density at radius 3 is 2.44 bits per heavy atom. The van der Waals surface area contributed by atoms with Crippen molar-refractivity contribution in [2.24, 2.45) is 11.0 Å². The van der Waals surface area contributed by atoms with Gasteiger partial charge in [0.05, 0.1) is 23.2 Å². The lowest BCUT2D eigenvalue weighted by Crippen LogP contribution is -2.33. The number of allylic oxidation sites excluding steroid dienone is 1. The third-order valence-electron chi connectivity index (χ3n) is 6.95.